The van der Waals surface area contributed by atoms with Crippen molar-refractivity contribution in [1.82, 2.24) is 0 Å². The molecule has 0 aliphatic rings. The SMILES string of the molecule is O.O.O.O.O.O.O.O.O.O.OCC(O)C(O)C(O)C(O)CO. The number of hydrogen-bond donors (Lipinski definition) is 6. The van der Waals surface area contributed by atoms with Gasteiger partial charge in [-0.1, -0.05) is 0 Å². The molecule has 0 aliphatic heterocycles. The molecule has 0 amide bonds. The van der Waals surface area contributed by atoms with E-state index in [1.807, 2.05) is 0 Å². The molecule has 4 atom stereocenters. The summed E-state index contributed by atoms with van der Waals surface area (Å²) in [5.41, 5.74) is 0. The Morgan fingerprint density at radius 3 is 0.636 bits per heavy atom. The number of aliphatic hydroxyl groups is 6. The Bertz CT molecular complexity index is 111. The Balaban J connectivity index is -0.0000000134. The zero-order valence-electron chi connectivity index (χ0n) is 11.4. The van der Waals surface area contributed by atoms with Crippen LogP contribution in [0, 0.1) is 0 Å². The van der Waals surface area contributed by atoms with E-state index in [2.05, 4.69) is 0 Å². The quantitative estimate of drug-likeness (QED) is 0.275. The highest BCUT2D eigenvalue weighted by Gasteiger charge is 2.29. The van der Waals surface area contributed by atoms with Crippen molar-refractivity contribution in [2.45, 2.75) is 24.4 Å². The zero-order valence-corrected chi connectivity index (χ0v) is 11.4. The van der Waals surface area contributed by atoms with Gasteiger partial charge in [-0.15, -0.1) is 0 Å². The third-order valence-corrected chi connectivity index (χ3v) is 1.51. The molecular weight excluding hydrogens is 328 g/mol. The Morgan fingerprint density at radius 1 is 0.409 bits per heavy atom. The summed E-state index contributed by atoms with van der Waals surface area (Å²) in [4.78, 5) is 0. The average molecular weight is 362 g/mol. The van der Waals surface area contributed by atoms with E-state index in [1.165, 1.54) is 0 Å². The molecule has 16 nitrogen and oxygen atoms in total. The zero-order chi connectivity index (χ0) is 9.72. The largest absolute Gasteiger partial charge is 0.412 e. The van der Waals surface area contributed by atoms with Gasteiger partial charge in [0.25, 0.3) is 0 Å². The molecule has 0 aromatic carbocycles. The predicted molar refractivity (Wildman–Crippen MR) is 74.3 cm³/mol. The lowest BCUT2D eigenvalue weighted by molar-refractivity contribution is -0.123. The van der Waals surface area contributed by atoms with Gasteiger partial charge in [-0.3, -0.25) is 0 Å². The topological polar surface area (TPSA) is 436 Å². The minimum atomic E-state index is -1.67. The fourth-order valence-corrected chi connectivity index (χ4v) is 0.671. The molecule has 0 aromatic heterocycles. The predicted octanol–water partition coefficient (Wildman–Crippen LogP) is -11.8. The summed E-state index contributed by atoms with van der Waals surface area (Å²) in [6, 6.07) is 0. The summed E-state index contributed by atoms with van der Waals surface area (Å²) < 4.78 is 0. The fraction of sp³-hybridized carbons (Fsp3) is 1.00. The summed E-state index contributed by atoms with van der Waals surface area (Å²) >= 11 is 0. The molecule has 0 saturated carbocycles. The van der Waals surface area contributed by atoms with E-state index in [1.54, 1.807) is 0 Å². The van der Waals surface area contributed by atoms with Gasteiger partial charge in [-0.25, -0.2) is 0 Å². The van der Waals surface area contributed by atoms with Crippen LogP contribution in [-0.2, 0) is 0 Å². The molecule has 0 aliphatic carbocycles. The van der Waals surface area contributed by atoms with Crippen molar-refractivity contribution in [1.29, 1.82) is 0 Å². The highest BCUT2D eigenvalue weighted by atomic mass is 16.4. The first-order chi connectivity index (χ1) is 5.54. The number of hydrogen-bond acceptors (Lipinski definition) is 6. The van der Waals surface area contributed by atoms with Crippen LogP contribution in [-0.4, -0.2) is 123 Å². The molecule has 0 saturated heterocycles. The maximum absolute atomic E-state index is 8.96. The van der Waals surface area contributed by atoms with E-state index in [-0.39, 0.29) is 54.8 Å². The lowest BCUT2D eigenvalue weighted by atomic mass is 10.0. The van der Waals surface area contributed by atoms with Crippen molar-refractivity contribution in [3.63, 3.8) is 0 Å². The summed E-state index contributed by atoms with van der Waals surface area (Å²) in [6.45, 7) is -1.45. The molecule has 0 aromatic rings. The van der Waals surface area contributed by atoms with Gasteiger partial charge in [0.15, 0.2) is 0 Å². The van der Waals surface area contributed by atoms with Crippen molar-refractivity contribution in [3.8, 4) is 0 Å². The third-order valence-electron chi connectivity index (χ3n) is 1.51. The van der Waals surface area contributed by atoms with Crippen molar-refractivity contribution in [3.05, 3.63) is 0 Å². The van der Waals surface area contributed by atoms with Crippen LogP contribution in [0.25, 0.3) is 0 Å². The van der Waals surface area contributed by atoms with Crippen LogP contribution in [0.5, 0.6) is 0 Å². The maximum Gasteiger partial charge on any atom is 0.111 e. The van der Waals surface area contributed by atoms with Gasteiger partial charge in [0.1, 0.15) is 24.4 Å². The van der Waals surface area contributed by atoms with Crippen LogP contribution in [0.3, 0.4) is 0 Å². The minimum Gasteiger partial charge on any atom is -0.412 e. The standard InChI is InChI=1S/C6H14O6.10H2O/c7-1-3(9)5(11)6(12)4(10)2-8;;;;;;;;;;/h3-12H,1-2H2;10*1H2. The second-order valence-electron chi connectivity index (χ2n) is 2.48. The second-order valence-corrected chi connectivity index (χ2v) is 2.48. The van der Waals surface area contributed by atoms with E-state index in [9.17, 15) is 0 Å². The maximum atomic E-state index is 8.96. The first-order valence-electron chi connectivity index (χ1n) is 3.48. The summed E-state index contributed by atoms with van der Waals surface area (Å²) in [5, 5.41) is 52.2. The van der Waals surface area contributed by atoms with Crippen LogP contribution in [0.1, 0.15) is 0 Å². The van der Waals surface area contributed by atoms with E-state index in [0.717, 1.165) is 0 Å². The molecule has 0 spiro atoms. The molecule has 26 N–H and O–H groups in total. The molecule has 0 heterocycles. The van der Waals surface area contributed by atoms with Crippen molar-refractivity contribution >= 4 is 0 Å². The van der Waals surface area contributed by atoms with Crippen LogP contribution in [0.15, 0.2) is 0 Å². The molecule has 4 unspecified atom stereocenters. The smallest absolute Gasteiger partial charge is 0.111 e. The monoisotopic (exact) mass is 362 g/mol. The van der Waals surface area contributed by atoms with Gasteiger partial charge in [0, 0.05) is 0 Å². The highest BCUT2D eigenvalue weighted by molar-refractivity contribution is 4.79. The van der Waals surface area contributed by atoms with Crippen LogP contribution >= 0.6 is 0 Å². The molecule has 0 bridgehead atoms. The van der Waals surface area contributed by atoms with E-state index < -0.39 is 37.6 Å². The number of aliphatic hydroxyl groups excluding tert-OH is 6. The second kappa shape index (κ2) is 42.8. The van der Waals surface area contributed by atoms with Gasteiger partial charge in [-0.2, -0.15) is 0 Å². The number of rotatable bonds is 5. The summed E-state index contributed by atoms with van der Waals surface area (Å²) in [6.07, 6.45) is -6.39. The molecule has 16 heteroatoms. The molecule has 22 heavy (non-hydrogen) atoms. The Hall–Kier alpha value is -0.640. The molecule has 0 radical (unpaired) electrons. The lowest BCUT2D eigenvalue weighted by Crippen LogP contribution is -2.46. The van der Waals surface area contributed by atoms with E-state index in [0.29, 0.717) is 0 Å². The Labute approximate surface area is 124 Å². The first-order valence-corrected chi connectivity index (χ1v) is 3.48. The van der Waals surface area contributed by atoms with Crippen LogP contribution in [0.2, 0.25) is 0 Å². The fourth-order valence-electron chi connectivity index (χ4n) is 0.671. The normalized spacial score (nSPS) is 11.7. The average Bonchev–Trinajstić information content (AvgIpc) is 2.12. The Morgan fingerprint density at radius 2 is 0.545 bits per heavy atom. The molecule has 154 valence electrons. The first kappa shape index (κ1) is 82.5. The summed E-state index contributed by atoms with van der Waals surface area (Å²) in [5.74, 6) is 0. The minimum absolute atomic E-state index is 0. The lowest BCUT2D eigenvalue weighted by Gasteiger charge is -2.24. The van der Waals surface area contributed by atoms with Gasteiger partial charge in [0.2, 0.25) is 0 Å². The molecule has 0 fully saturated rings. The van der Waals surface area contributed by atoms with Gasteiger partial charge < -0.3 is 85.4 Å². The molecular formula is C6H34O16. The molecule has 0 rings (SSSR count). The van der Waals surface area contributed by atoms with Gasteiger partial charge in [-0.05, 0) is 0 Å². The van der Waals surface area contributed by atoms with Gasteiger partial charge in [0.05, 0.1) is 13.2 Å². The van der Waals surface area contributed by atoms with Crippen molar-refractivity contribution in [2.75, 3.05) is 13.2 Å². The van der Waals surface area contributed by atoms with Crippen molar-refractivity contribution < 1.29 is 85.4 Å². The van der Waals surface area contributed by atoms with Crippen LogP contribution in [0.4, 0.5) is 0 Å². The third kappa shape index (κ3) is 27.7. The summed E-state index contributed by atoms with van der Waals surface area (Å²) in [7, 11) is 0. The van der Waals surface area contributed by atoms with Gasteiger partial charge >= 0.3 is 0 Å². The highest BCUT2D eigenvalue weighted by Crippen LogP contribution is 2.03. The van der Waals surface area contributed by atoms with E-state index in [4.69, 9.17) is 30.6 Å². The Kier molecular flexibility index (Phi) is 160. The van der Waals surface area contributed by atoms with Crippen molar-refractivity contribution in [2.24, 2.45) is 0 Å². The van der Waals surface area contributed by atoms with E-state index >= 15 is 0 Å². The van der Waals surface area contributed by atoms with Crippen LogP contribution < -0.4 is 0 Å².